The molecule has 2 rings (SSSR count). The number of ether oxygens (including phenoxy) is 1. The summed E-state index contributed by atoms with van der Waals surface area (Å²) in [5.41, 5.74) is 0.484. The lowest BCUT2D eigenvalue weighted by molar-refractivity contribution is -0.385. The van der Waals surface area contributed by atoms with Crippen LogP contribution in [0.25, 0.3) is 0 Å². The van der Waals surface area contributed by atoms with Crippen molar-refractivity contribution in [2.24, 2.45) is 5.41 Å². The van der Waals surface area contributed by atoms with E-state index < -0.39 is 4.92 Å². The molecule has 1 aliphatic carbocycles. The number of nitro benzene ring substituents is 1. The highest BCUT2D eigenvalue weighted by molar-refractivity contribution is 5.49. The summed E-state index contributed by atoms with van der Waals surface area (Å²) >= 11 is 0. The van der Waals surface area contributed by atoms with Gasteiger partial charge in [-0.3, -0.25) is 10.1 Å². The Bertz CT molecular complexity index is 501. The lowest BCUT2D eigenvalue weighted by Gasteiger charge is -2.07. The van der Waals surface area contributed by atoms with Crippen LogP contribution in [-0.4, -0.2) is 12.0 Å². The molecule has 5 heteroatoms. The van der Waals surface area contributed by atoms with Crippen LogP contribution >= 0.6 is 0 Å². The molecule has 0 amide bonds. The average molecular weight is 232 g/mol. The van der Waals surface area contributed by atoms with Gasteiger partial charge in [-0.05, 0) is 30.9 Å². The quantitative estimate of drug-likeness (QED) is 0.590. The largest absolute Gasteiger partial charge is 0.490 e. The molecule has 1 fully saturated rings. The van der Waals surface area contributed by atoms with E-state index in [4.69, 9.17) is 10.00 Å². The summed E-state index contributed by atoms with van der Waals surface area (Å²) in [6.45, 7) is 0. The summed E-state index contributed by atoms with van der Waals surface area (Å²) in [4.78, 5) is 10.4. The van der Waals surface area contributed by atoms with Crippen molar-refractivity contribution in [3.05, 3.63) is 33.9 Å². The van der Waals surface area contributed by atoms with Crippen LogP contribution in [0.2, 0.25) is 0 Å². The number of hydrogen-bond acceptors (Lipinski definition) is 4. The predicted molar refractivity (Wildman–Crippen MR) is 60.6 cm³/mol. The van der Waals surface area contributed by atoms with Gasteiger partial charge in [0.1, 0.15) is 0 Å². The Morgan fingerprint density at radius 1 is 1.59 bits per heavy atom. The van der Waals surface area contributed by atoms with Gasteiger partial charge in [0.05, 0.1) is 23.5 Å². The normalized spacial score (nSPS) is 16.0. The van der Waals surface area contributed by atoms with Crippen molar-refractivity contribution in [1.82, 2.24) is 0 Å². The maximum atomic E-state index is 10.8. The van der Waals surface area contributed by atoms with Crippen molar-refractivity contribution in [2.75, 3.05) is 7.11 Å². The maximum absolute atomic E-state index is 10.8. The van der Waals surface area contributed by atoms with E-state index in [-0.39, 0.29) is 16.9 Å². The van der Waals surface area contributed by atoms with Crippen molar-refractivity contribution in [3.63, 3.8) is 0 Å². The van der Waals surface area contributed by atoms with Gasteiger partial charge in [0.2, 0.25) is 0 Å². The van der Waals surface area contributed by atoms with Crippen molar-refractivity contribution in [2.45, 2.75) is 19.3 Å². The van der Waals surface area contributed by atoms with Crippen LogP contribution in [0, 0.1) is 26.9 Å². The molecular formula is C12H12N2O3. The van der Waals surface area contributed by atoms with Gasteiger partial charge in [-0.1, -0.05) is 6.07 Å². The molecule has 0 saturated heterocycles. The summed E-state index contributed by atoms with van der Waals surface area (Å²) < 4.78 is 4.93. The molecule has 1 aromatic rings. The smallest absolute Gasteiger partial charge is 0.311 e. The van der Waals surface area contributed by atoms with E-state index in [1.54, 1.807) is 12.1 Å². The number of benzene rings is 1. The number of rotatable bonds is 4. The van der Waals surface area contributed by atoms with E-state index in [2.05, 4.69) is 6.07 Å². The number of nitro groups is 1. The number of nitriles is 1. The first kappa shape index (κ1) is 11.4. The van der Waals surface area contributed by atoms with E-state index in [0.29, 0.717) is 6.42 Å². The van der Waals surface area contributed by atoms with Crippen molar-refractivity contribution < 1.29 is 9.66 Å². The zero-order valence-electron chi connectivity index (χ0n) is 9.47. The molecule has 0 aromatic heterocycles. The molecule has 0 radical (unpaired) electrons. The zero-order chi connectivity index (χ0) is 12.5. The van der Waals surface area contributed by atoms with Crippen LogP contribution in [0.1, 0.15) is 18.4 Å². The third-order valence-electron chi connectivity index (χ3n) is 3.07. The molecule has 0 spiro atoms. The summed E-state index contributed by atoms with van der Waals surface area (Å²) in [7, 11) is 1.40. The second-order valence-electron chi connectivity index (χ2n) is 4.33. The number of methoxy groups -OCH3 is 1. The summed E-state index contributed by atoms with van der Waals surface area (Å²) in [6, 6.07) is 7.14. The molecule has 1 saturated carbocycles. The zero-order valence-corrected chi connectivity index (χ0v) is 9.47. The minimum Gasteiger partial charge on any atom is -0.490 e. The third kappa shape index (κ3) is 2.21. The molecule has 0 atom stereocenters. The van der Waals surface area contributed by atoms with E-state index in [0.717, 1.165) is 18.4 Å². The second kappa shape index (κ2) is 4.06. The van der Waals surface area contributed by atoms with Gasteiger partial charge in [0, 0.05) is 6.07 Å². The molecule has 0 heterocycles. The molecule has 0 unspecified atom stereocenters. The lowest BCUT2D eigenvalue weighted by Crippen LogP contribution is -2.02. The minimum atomic E-state index is -0.464. The maximum Gasteiger partial charge on any atom is 0.311 e. The Morgan fingerprint density at radius 3 is 2.76 bits per heavy atom. The van der Waals surface area contributed by atoms with Crippen molar-refractivity contribution in [3.8, 4) is 11.8 Å². The third-order valence-corrected chi connectivity index (χ3v) is 3.07. The van der Waals surface area contributed by atoms with Crippen LogP contribution in [0.4, 0.5) is 5.69 Å². The molecule has 0 bridgehead atoms. The van der Waals surface area contributed by atoms with Gasteiger partial charge in [-0.15, -0.1) is 0 Å². The van der Waals surface area contributed by atoms with Gasteiger partial charge in [-0.2, -0.15) is 5.26 Å². The Hall–Kier alpha value is -2.09. The van der Waals surface area contributed by atoms with Gasteiger partial charge in [0.15, 0.2) is 5.75 Å². The number of hydrogen-bond donors (Lipinski definition) is 0. The van der Waals surface area contributed by atoms with Crippen LogP contribution in [0.5, 0.6) is 5.75 Å². The summed E-state index contributed by atoms with van der Waals surface area (Å²) in [5, 5.41) is 19.8. The molecule has 1 aromatic carbocycles. The standard InChI is InChI=1S/C12H12N2O3/c1-17-11-3-2-9(6-10(11)14(15)16)7-12(8-13)4-5-12/h2-3,6H,4-5,7H2,1H3. The van der Waals surface area contributed by atoms with Crippen LogP contribution < -0.4 is 4.74 Å². The first-order chi connectivity index (χ1) is 8.10. The minimum absolute atomic E-state index is 0.0428. The van der Waals surface area contributed by atoms with E-state index in [1.807, 2.05) is 0 Å². The molecule has 0 aliphatic heterocycles. The van der Waals surface area contributed by atoms with Gasteiger partial charge >= 0.3 is 5.69 Å². The molecule has 88 valence electrons. The first-order valence-electron chi connectivity index (χ1n) is 5.33. The van der Waals surface area contributed by atoms with Gasteiger partial charge < -0.3 is 4.74 Å². The molecule has 1 aliphatic rings. The van der Waals surface area contributed by atoms with Crippen molar-refractivity contribution >= 4 is 5.69 Å². The van der Waals surface area contributed by atoms with Crippen molar-refractivity contribution in [1.29, 1.82) is 5.26 Å². The van der Waals surface area contributed by atoms with Crippen LogP contribution in [0.3, 0.4) is 0 Å². The van der Waals surface area contributed by atoms with E-state index in [9.17, 15) is 10.1 Å². The lowest BCUT2D eigenvalue weighted by atomic mass is 9.97. The highest BCUT2D eigenvalue weighted by Crippen LogP contribution is 2.48. The predicted octanol–water partition coefficient (Wildman–Crippen LogP) is 2.45. The molecule has 5 nitrogen and oxygen atoms in total. The second-order valence-corrected chi connectivity index (χ2v) is 4.33. The van der Waals surface area contributed by atoms with Crippen LogP contribution in [-0.2, 0) is 6.42 Å². The highest BCUT2D eigenvalue weighted by Gasteiger charge is 2.43. The number of nitrogens with zero attached hydrogens (tertiary/aromatic N) is 2. The topological polar surface area (TPSA) is 76.2 Å². The fraction of sp³-hybridized carbons (Fsp3) is 0.417. The van der Waals surface area contributed by atoms with Gasteiger partial charge in [0.25, 0.3) is 0 Å². The van der Waals surface area contributed by atoms with Crippen LogP contribution in [0.15, 0.2) is 18.2 Å². The molecular weight excluding hydrogens is 220 g/mol. The van der Waals surface area contributed by atoms with Gasteiger partial charge in [-0.25, -0.2) is 0 Å². The SMILES string of the molecule is COc1ccc(CC2(C#N)CC2)cc1[N+](=O)[O-]. The molecule has 17 heavy (non-hydrogen) atoms. The summed E-state index contributed by atoms with van der Waals surface area (Å²) in [6.07, 6.45) is 2.33. The Morgan fingerprint density at radius 2 is 2.29 bits per heavy atom. The molecule has 0 N–H and O–H groups in total. The Labute approximate surface area is 98.8 Å². The Kier molecular flexibility index (Phi) is 2.72. The Balaban J connectivity index is 2.28. The average Bonchev–Trinajstić information content (AvgIpc) is 3.09. The fourth-order valence-corrected chi connectivity index (χ4v) is 1.86. The highest BCUT2D eigenvalue weighted by atomic mass is 16.6. The van der Waals surface area contributed by atoms with E-state index >= 15 is 0 Å². The fourth-order valence-electron chi connectivity index (χ4n) is 1.86. The van der Waals surface area contributed by atoms with E-state index in [1.165, 1.54) is 13.2 Å². The summed E-state index contributed by atoms with van der Waals surface area (Å²) in [5.74, 6) is 0.251. The monoisotopic (exact) mass is 232 g/mol. The first-order valence-corrected chi connectivity index (χ1v) is 5.33.